The molecule has 0 aliphatic heterocycles. The number of aromatic nitrogens is 2. The molecule has 3 aromatic rings. The molecule has 5 heteroatoms. The van der Waals surface area contributed by atoms with Gasteiger partial charge >= 0.3 is 0 Å². The molecule has 0 amide bonds. The number of aromatic amines is 1. The van der Waals surface area contributed by atoms with Gasteiger partial charge in [0.15, 0.2) is 11.5 Å². The zero-order valence-electron chi connectivity index (χ0n) is 12.2. The molecular formula is C16H17N3O2. The Hall–Kier alpha value is -2.69. The van der Waals surface area contributed by atoms with E-state index < -0.39 is 0 Å². The van der Waals surface area contributed by atoms with Gasteiger partial charge in [-0.05, 0) is 19.1 Å². The predicted molar refractivity (Wildman–Crippen MR) is 83.8 cm³/mol. The van der Waals surface area contributed by atoms with Crippen LogP contribution in [-0.2, 0) is 0 Å². The van der Waals surface area contributed by atoms with E-state index in [-0.39, 0.29) is 0 Å². The summed E-state index contributed by atoms with van der Waals surface area (Å²) in [7, 11) is 3.22. The van der Waals surface area contributed by atoms with Gasteiger partial charge in [0.05, 0.1) is 25.3 Å². The summed E-state index contributed by atoms with van der Waals surface area (Å²) in [6.07, 6.45) is 0. The van der Waals surface area contributed by atoms with Crippen LogP contribution in [-0.4, -0.2) is 24.2 Å². The summed E-state index contributed by atoms with van der Waals surface area (Å²) in [4.78, 5) is 7.88. The summed E-state index contributed by atoms with van der Waals surface area (Å²) in [6, 6.07) is 9.60. The number of imidazole rings is 1. The number of rotatable bonds is 3. The molecule has 0 aliphatic carbocycles. The van der Waals surface area contributed by atoms with E-state index in [2.05, 4.69) is 9.97 Å². The molecule has 0 fully saturated rings. The molecule has 0 bridgehead atoms. The summed E-state index contributed by atoms with van der Waals surface area (Å²) in [6.45, 7) is 2.03. The number of nitrogens with two attached hydrogens (primary N) is 1. The number of fused-ring (bicyclic) bond motifs is 1. The number of nitrogens with zero attached hydrogens (tertiary/aromatic N) is 1. The van der Waals surface area contributed by atoms with Crippen LogP contribution in [0, 0.1) is 6.92 Å². The highest BCUT2D eigenvalue weighted by atomic mass is 16.5. The lowest BCUT2D eigenvalue weighted by Gasteiger charge is -2.06. The number of anilines is 1. The number of nitrogen functional groups attached to an aromatic ring is 1. The first-order chi connectivity index (χ1) is 10.1. The van der Waals surface area contributed by atoms with Crippen molar-refractivity contribution in [1.29, 1.82) is 0 Å². The maximum absolute atomic E-state index is 6.05. The van der Waals surface area contributed by atoms with Crippen LogP contribution in [0.3, 0.4) is 0 Å². The first-order valence-electron chi connectivity index (χ1n) is 6.60. The van der Waals surface area contributed by atoms with Crippen molar-refractivity contribution < 1.29 is 9.47 Å². The van der Waals surface area contributed by atoms with Gasteiger partial charge in [0, 0.05) is 23.4 Å². The summed E-state index contributed by atoms with van der Waals surface area (Å²) < 4.78 is 10.6. The predicted octanol–water partition coefficient (Wildman–Crippen LogP) is 3.14. The molecule has 0 unspecified atom stereocenters. The number of hydrogen-bond acceptors (Lipinski definition) is 4. The monoisotopic (exact) mass is 283 g/mol. The fourth-order valence-corrected chi connectivity index (χ4v) is 2.34. The highest BCUT2D eigenvalue weighted by Gasteiger charge is 2.12. The van der Waals surface area contributed by atoms with E-state index >= 15 is 0 Å². The van der Waals surface area contributed by atoms with Gasteiger partial charge in [-0.15, -0.1) is 0 Å². The van der Waals surface area contributed by atoms with E-state index in [1.807, 2.05) is 37.3 Å². The van der Waals surface area contributed by atoms with Gasteiger partial charge in [0.2, 0.25) is 0 Å². The summed E-state index contributed by atoms with van der Waals surface area (Å²) >= 11 is 0. The second kappa shape index (κ2) is 5.01. The average molecular weight is 283 g/mol. The van der Waals surface area contributed by atoms with Crippen molar-refractivity contribution in [3.8, 4) is 22.9 Å². The van der Waals surface area contributed by atoms with E-state index in [4.69, 9.17) is 15.2 Å². The molecule has 1 aromatic heterocycles. The largest absolute Gasteiger partial charge is 0.493 e. The van der Waals surface area contributed by atoms with Crippen LogP contribution in [0.15, 0.2) is 30.3 Å². The fraction of sp³-hybridized carbons (Fsp3) is 0.188. The molecule has 5 nitrogen and oxygen atoms in total. The van der Waals surface area contributed by atoms with Crippen molar-refractivity contribution in [2.24, 2.45) is 0 Å². The number of aryl methyl sites for hydroxylation is 1. The highest BCUT2D eigenvalue weighted by Crippen LogP contribution is 2.33. The average Bonchev–Trinajstić information content (AvgIpc) is 2.90. The van der Waals surface area contributed by atoms with Gasteiger partial charge in [0.1, 0.15) is 5.82 Å². The summed E-state index contributed by atoms with van der Waals surface area (Å²) in [5.74, 6) is 2.05. The van der Waals surface area contributed by atoms with Crippen LogP contribution in [0.1, 0.15) is 5.56 Å². The standard InChI is InChI=1S/C16H17N3O2/c1-9-4-5-11(17)10(6-9)16-18-12-7-14(20-2)15(21-3)8-13(12)19-16/h4-8H,17H2,1-3H3,(H,18,19). The number of H-pyrrole nitrogens is 1. The maximum Gasteiger partial charge on any atom is 0.163 e. The molecule has 108 valence electrons. The third-order valence-corrected chi connectivity index (χ3v) is 3.45. The van der Waals surface area contributed by atoms with E-state index in [1.165, 1.54) is 0 Å². The molecule has 0 atom stereocenters. The number of hydrogen-bond donors (Lipinski definition) is 2. The third kappa shape index (κ3) is 2.27. The molecule has 3 N–H and O–H groups in total. The Bertz CT molecular complexity index is 768. The van der Waals surface area contributed by atoms with E-state index in [0.29, 0.717) is 17.2 Å². The van der Waals surface area contributed by atoms with Gasteiger partial charge in [-0.2, -0.15) is 0 Å². The molecule has 1 heterocycles. The van der Waals surface area contributed by atoms with Crippen molar-refractivity contribution in [2.45, 2.75) is 6.92 Å². The van der Waals surface area contributed by atoms with Crippen molar-refractivity contribution in [3.05, 3.63) is 35.9 Å². The second-order valence-corrected chi connectivity index (χ2v) is 4.90. The van der Waals surface area contributed by atoms with Crippen LogP contribution in [0.4, 0.5) is 5.69 Å². The van der Waals surface area contributed by atoms with Gasteiger partial charge in [-0.25, -0.2) is 4.98 Å². The smallest absolute Gasteiger partial charge is 0.163 e. The zero-order valence-corrected chi connectivity index (χ0v) is 12.2. The lowest BCUT2D eigenvalue weighted by Crippen LogP contribution is -1.91. The van der Waals surface area contributed by atoms with Gasteiger partial charge < -0.3 is 20.2 Å². The van der Waals surface area contributed by atoms with Crippen LogP contribution in [0.5, 0.6) is 11.5 Å². The molecule has 0 saturated carbocycles. The molecule has 2 aromatic carbocycles. The third-order valence-electron chi connectivity index (χ3n) is 3.45. The van der Waals surface area contributed by atoms with Crippen molar-refractivity contribution >= 4 is 16.7 Å². The lowest BCUT2D eigenvalue weighted by molar-refractivity contribution is 0.356. The molecule has 0 spiro atoms. The van der Waals surface area contributed by atoms with Crippen LogP contribution < -0.4 is 15.2 Å². The minimum atomic E-state index is 0.653. The Labute approximate surface area is 122 Å². The molecule has 0 aliphatic rings. The van der Waals surface area contributed by atoms with Crippen LogP contribution in [0.25, 0.3) is 22.4 Å². The van der Waals surface area contributed by atoms with E-state index in [0.717, 1.165) is 28.0 Å². The number of methoxy groups -OCH3 is 2. The highest BCUT2D eigenvalue weighted by molar-refractivity contribution is 5.85. The number of benzene rings is 2. The summed E-state index contributed by atoms with van der Waals surface area (Å²) in [5.41, 5.74) is 10.5. The minimum Gasteiger partial charge on any atom is -0.493 e. The Morgan fingerprint density at radius 3 is 2.48 bits per heavy atom. The number of nitrogens with one attached hydrogen (secondary N) is 1. The van der Waals surface area contributed by atoms with Gasteiger partial charge in [-0.3, -0.25) is 0 Å². The number of ether oxygens (including phenoxy) is 2. The van der Waals surface area contributed by atoms with E-state index in [1.54, 1.807) is 14.2 Å². The Morgan fingerprint density at radius 2 is 1.76 bits per heavy atom. The van der Waals surface area contributed by atoms with Crippen molar-refractivity contribution in [1.82, 2.24) is 9.97 Å². The van der Waals surface area contributed by atoms with Crippen LogP contribution >= 0.6 is 0 Å². The SMILES string of the molecule is COc1cc2nc(-c3cc(C)ccc3N)[nH]c2cc1OC. The Balaban J connectivity index is 2.19. The van der Waals surface area contributed by atoms with Gasteiger partial charge in [-0.1, -0.05) is 11.6 Å². The van der Waals surface area contributed by atoms with Crippen molar-refractivity contribution in [2.75, 3.05) is 20.0 Å². The molecule has 21 heavy (non-hydrogen) atoms. The minimum absolute atomic E-state index is 0.653. The topological polar surface area (TPSA) is 73.2 Å². The zero-order chi connectivity index (χ0) is 15.0. The molecule has 0 radical (unpaired) electrons. The lowest BCUT2D eigenvalue weighted by atomic mass is 10.1. The Kier molecular flexibility index (Phi) is 3.17. The molecular weight excluding hydrogens is 266 g/mol. The first kappa shape index (κ1) is 13.3. The van der Waals surface area contributed by atoms with Crippen molar-refractivity contribution in [3.63, 3.8) is 0 Å². The maximum atomic E-state index is 6.05. The second-order valence-electron chi connectivity index (χ2n) is 4.90. The fourth-order valence-electron chi connectivity index (χ4n) is 2.34. The van der Waals surface area contributed by atoms with E-state index in [9.17, 15) is 0 Å². The van der Waals surface area contributed by atoms with Crippen LogP contribution in [0.2, 0.25) is 0 Å². The molecule has 3 rings (SSSR count). The normalized spacial score (nSPS) is 10.8. The Morgan fingerprint density at radius 1 is 1.05 bits per heavy atom. The quantitative estimate of drug-likeness (QED) is 0.724. The first-order valence-corrected chi connectivity index (χ1v) is 6.60. The molecule has 0 saturated heterocycles. The summed E-state index contributed by atoms with van der Waals surface area (Å²) in [5, 5.41) is 0. The van der Waals surface area contributed by atoms with Gasteiger partial charge in [0.25, 0.3) is 0 Å².